The summed E-state index contributed by atoms with van der Waals surface area (Å²) in [4.78, 5) is 8.56. The summed E-state index contributed by atoms with van der Waals surface area (Å²) in [5.74, 6) is 2.04. The molecule has 0 spiro atoms. The normalized spacial score (nSPS) is 10.5. The summed E-state index contributed by atoms with van der Waals surface area (Å²) in [6, 6.07) is 10.4. The molecule has 6 heteroatoms. The van der Waals surface area contributed by atoms with E-state index in [4.69, 9.17) is 9.47 Å². The molecule has 1 heterocycles. The molecule has 0 unspecified atom stereocenters. The lowest BCUT2D eigenvalue weighted by atomic mass is 10.2. The maximum atomic E-state index is 9.34. The van der Waals surface area contributed by atoms with Crippen molar-refractivity contribution < 1.29 is 14.6 Å². The number of nitrogens with one attached hydrogen (secondary N) is 1. The van der Waals surface area contributed by atoms with Crippen molar-refractivity contribution in [2.24, 2.45) is 0 Å². The topological polar surface area (TPSA) is 76.5 Å². The lowest BCUT2D eigenvalue weighted by Gasteiger charge is -2.12. The molecule has 6 nitrogen and oxygen atoms in total. The highest BCUT2D eigenvalue weighted by Gasteiger charge is 2.13. The lowest BCUT2D eigenvalue weighted by molar-refractivity contribution is 0.358. The van der Waals surface area contributed by atoms with Gasteiger partial charge in [-0.15, -0.1) is 0 Å². The van der Waals surface area contributed by atoms with Crippen molar-refractivity contribution in [2.45, 2.75) is 0 Å². The summed E-state index contributed by atoms with van der Waals surface area (Å²) in [6.45, 7) is 0. The molecule has 112 valence electrons. The Labute approximate surface area is 127 Å². The van der Waals surface area contributed by atoms with Gasteiger partial charge in [-0.2, -0.15) is 0 Å². The first kappa shape index (κ1) is 13.9. The zero-order chi connectivity index (χ0) is 15.5. The van der Waals surface area contributed by atoms with Gasteiger partial charge in [0.2, 0.25) is 0 Å². The largest absolute Gasteiger partial charge is 0.508 e. The van der Waals surface area contributed by atoms with Crippen molar-refractivity contribution in [1.29, 1.82) is 0 Å². The van der Waals surface area contributed by atoms with Crippen LogP contribution in [0.5, 0.6) is 17.2 Å². The predicted molar refractivity (Wildman–Crippen MR) is 84.0 cm³/mol. The van der Waals surface area contributed by atoms with Gasteiger partial charge in [0.25, 0.3) is 0 Å². The fourth-order valence-electron chi connectivity index (χ4n) is 2.22. The van der Waals surface area contributed by atoms with Crippen LogP contribution in [0, 0.1) is 0 Å². The average Bonchev–Trinajstić information content (AvgIpc) is 2.56. The lowest BCUT2D eigenvalue weighted by Crippen LogP contribution is -1.98. The van der Waals surface area contributed by atoms with Gasteiger partial charge in [0, 0.05) is 11.1 Å². The van der Waals surface area contributed by atoms with Gasteiger partial charge in [-0.25, -0.2) is 9.97 Å². The SMILES string of the molecule is COc1ccc2c(Nc3ccc(O)cc3)ncnc2c1OC. The van der Waals surface area contributed by atoms with Crippen molar-refractivity contribution in [3.63, 3.8) is 0 Å². The summed E-state index contributed by atoms with van der Waals surface area (Å²) < 4.78 is 10.7. The summed E-state index contributed by atoms with van der Waals surface area (Å²) in [6.07, 6.45) is 1.47. The molecule has 0 saturated carbocycles. The van der Waals surface area contributed by atoms with E-state index in [1.807, 2.05) is 12.1 Å². The van der Waals surface area contributed by atoms with Gasteiger partial charge in [0.1, 0.15) is 23.4 Å². The van der Waals surface area contributed by atoms with E-state index in [1.54, 1.807) is 38.5 Å². The number of aromatic hydroxyl groups is 1. The number of ether oxygens (including phenoxy) is 2. The zero-order valence-electron chi connectivity index (χ0n) is 12.2. The van der Waals surface area contributed by atoms with E-state index in [1.165, 1.54) is 6.33 Å². The van der Waals surface area contributed by atoms with Gasteiger partial charge in [-0.3, -0.25) is 0 Å². The first-order valence-electron chi connectivity index (χ1n) is 6.64. The number of phenolic OH excluding ortho intramolecular Hbond substituents is 1. The van der Waals surface area contributed by atoms with Crippen LogP contribution < -0.4 is 14.8 Å². The molecule has 0 bridgehead atoms. The first-order valence-corrected chi connectivity index (χ1v) is 6.64. The van der Waals surface area contributed by atoms with Gasteiger partial charge >= 0.3 is 0 Å². The van der Waals surface area contributed by atoms with Gasteiger partial charge < -0.3 is 19.9 Å². The molecule has 3 rings (SSSR count). The van der Waals surface area contributed by atoms with E-state index in [9.17, 15) is 5.11 Å². The number of aromatic nitrogens is 2. The molecule has 0 fully saturated rings. The molecular formula is C16H15N3O3. The highest BCUT2D eigenvalue weighted by molar-refractivity contribution is 5.95. The number of fused-ring (bicyclic) bond motifs is 1. The van der Waals surface area contributed by atoms with Gasteiger partial charge in [0.05, 0.1) is 14.2 Å². The molecule has 2 aromatic carbocycles. The van der Waals surface area contributed by atoms with Crippen LogP contribution in [0.4, 0.5) is 11.5 Å². The zero-order valence-corrected chi connectivity index (χ0v) is 12.2. The molecule has 0 aliphatic heterocycles. The number of benzene rings is 2. The molecule has 3 aromatic rings. The monoisotopic (exact) mass is 297 g/mol. The quantitative estimate of drug-likeness (QED) is 0.721. The number of methoxy groups -OCH3 is 2. The summed E-state index contributed by atoms with van der Waals surface area (Å²) >= 11 is 0. The number of hydrogen-bond donors (Lipinski definition) is 2. The van der Waals surface area contributed by atoms with Crippen LogP contribution in [-0.2, 0) is 0 Å². The number of anilines is 2. The van der Waals surface area contributed by atoms with Crippen LogP contribution in [0.1, 0.15) is 0 Å². The summed E-state index contributed by atoms with van der Waals surface area (Å²) in [7, 11) is 3.16. The average molecular weight is 297 g/mol. The third-order valence-electron chi connectivity index (χ3n) is 3.28. The van der Waals surface area contributed by atoms with E-state index >= 15 is 0 Å². The maximum absolute atomic E-state index is 9.34. The van der Waals surface area contributed by atoms with Gasteiger partial charge in [-0.1, -0.05) is 0 Å². The maximum Gasteiger partial charge on any atom is 0.187 e. The number of rotatable bonds is 4. The molecule has 2 N–H and O–H groups in total. The van der Waals surface area contributed by atoms with Crippen molar-refractivity contribution in [3.8, 4) is 17.2 Å². The minimum Gasteiger partial charge on any atom is -0.508 e. The Morgan fingerprint density at radius 1 is 0.955 bits per heavy atom. The van der Waals surface area contributed by atoms with Crippen LogP contribution in [0.2, 0.25) is 0 Å². The van der Waals surface area contributed by atoms with Crippen LogP contribution in [-0.4, -0.2) is 29.3 Å². The number of phenols is 1. The van der Waals surface area contributed by atoms with Crippen molar-refractivity contribution in [3.05, 3.63) is 42.7 Å². The van der Waals surface area contributed by atoms with Crippen LogP contribution in [0.3, 0.4) is 0 Å². The van der Waals surface area contributed by atoms with Gasteiger partial charge in [-0.05, 0) is 36.4 Å². The Kier molecular flexibility index (Phi) is 3.65. The molecular weight excluding hydrogens is 282 g/mol. The van der Waals surface area contributed by atoms with Crippen LogP contribution in [0.25, 0.3) is 10.9 Å². The molecule has 0 amide bonds. The van der Waals surface area contributed by atoms with Crippen LogP contribution >= 0.6 is 0 Å². The fraction of sp³-hybridized carbons (Fsp3) is 0.125. The van der Waals surface area contributed by atoms with Gasteiger partial charge in [0.15, 0.2) is 11.5 Å². The molecule has 0 aliphatic carbocycles. The minimum atomic E-state index is 0.213. The molecule has 22 heavy (non-hydrogen) atoms. The smallest absolute Gasteiger partial charge is 0.187 e. The number of nitrogens with zero attached hydrogens (tertiary/aromatic N) is 2. The molecule has 0 radical (unpaired) electrons. The van der Waals surface area contributed by atoms with Crippen molar-refractivity contribution in [2.75, 3.05) is 19.5 Å². The molecule has 1 aromatic heterocycles. The predicted octanol–water partition coefficient (Wildman–Crippen LogP) is 3.10. The third-order valence-corrected chi connectivity index (χ3v) is 3.28. The Hall–Kier alpha value is -3.02. The van der Waals surface area contributed by atoms with Crippen LogP contribution in [0.15, 0.2) is 42.7 Å². The number of hydrogen-bond acceptors (Lipinski definition) is 6. The second-order valence-corrected chi connectivity index (χ2v) is 4.59. The van der Waals surface area contributed by atoms with Crippen molar-refractivity contribution in [1.82, 2.24) is 9.97 Å². The first-order chi connectivity index (χ1) is 10.7. The Bertz CT molecular complexity index is 804. The highest BCUT2D eigenvalue weighted by atomic mass is 16.5. The Morgan fingerprint density at radius 3 is 2.41 bits per heavy atom. The molecule has 0 aliphatic rings. The Balaban J connectivity index is 2.09. The minimum absolute atomic E-state index is 0.213. The fourth-order valence-corrected chi connectivity index (χ4v) is 2.22. The second kappa shape index (κ2) is 5.77. The standard InChI is InChI=1S/C16H15N3O3/c1-21-13-8-7-12-14(15(13)22-2)17-9-18-16(12)19-10-3-5-11(20)6-4-10/h3-9,20H,1-2H3,(H,17,18,19). The van der Waals surface area contributed by atoms with E-state index in [0.717, 1.165) is 11.1 Å². The van der Waals surface area contributed by atoms with E-state index in [0.29, 0.717) is 22.8 Å². The third kappa shape index (κ3) is 2.46. The van der Waals surface area contributed by atoms with E-state index in [-0.39, 0.29) is 5.75 Å². The van der Waals surface area contributed by atoms with E-state index in [2.05, 4.69) is 15.3 Å². The summed E-state index contributed by atoms with van der Waals surface area (Å²) in [5.41, 5.74) is 1.48. The van der Waals surface area contributed by atoms with E-state index < -0.39 is 0 Å². The second-order valence-electron chi connectivity index (χ2n) is 4.59. The molecule has 0 saturated heterocycles. The van der Waals surface area contributed by atoms with Crippen molar-refractivity contribution >= 4 is 22.4 Å². The molecule has 0 atom stereocenters. The Morgan fingerprint density at radius 2 is 1.73 bits per heavy atom. The highest BCUT2D eigenvalue weighted by Crippen LogP contribution is 2.36. The summed E-state index contributed by atoms with van der Waals surface area (Å²) in [5, 5.41) is 13.4.